The van der Waals surface area contributed by atoms with Gasteiger partial charge >= 0.3 is 0 Å². The Hall–Kier alpha value is -1.42. The van der Waals surface area contributed by atoms with Crippen molar-refractivity contribution in [1.82, 2.24) is 9.21 Å². The molecule has 1 aromatic rings. The summed E-state index contributed by atoms with van der Waals surface area (Å²) in [5.41, 5.74) is 1.04. The maximum Gasteiger partial charge on any atom is 0.243 e. The predicted octanol–water partition coefficient (Wildman–Crippen LogP) is 1.58. The van der Waals surface area contributed by atoms with E-state index in [0.29, 0.717) is 24.2 Å². The molecule has 1 aliphatic heterocycles. The highest BCUT2D eigenvalue weighted by atomic mass is 32.2. The fourth-order valence-electron chi connectivity index (χ4n) is 2.64. The van der Waals surface area contributed by atoms with Crippen molar-refractivity contribution in [2.75, 3.05) is 20.1 Å². The highest BCUT2D eigenvalue weighted by molar-refractivity contribution is 7.89. The van der Waals surface area contributed by atoms with Gasteiger partial charge < -0.3 is 0 Å². The molecule has 0 saturated carbocycles. The molecule has 2 atom stereocenters. The fraction of sp³-hybridized carbons (Fsp3) is 0.533. The van der Waals surface area contributed by atoms with Gasteiger partial charge in [-0.2, -0.15) is 9.57 Å². The van der Waals surface area contributed by atoms with Crippen molar-refractivity contribution in [3.05, 3.63) is 29.3 Å². The van der Waals surface area contributed by atoms with Gasteiger partial charge in [0.15, 0.2) is 0 Å². The van der Waals surface area contributed by atoms with Gasteiger partial charge in [0.05, 0.1) is 16.5 Å². The zero-order chi connectivity index (χ0) is 15.8. The summed E-state index contributed by atoms with van der Waals surface area (Å²) in [5, 5.41) is 8.98. The Morgan fingerprint density at radius 3 is 2.33 bits per heavy atom. The molecule has 1 fully saturated rings. The van der Waals surface area contributed by atoms with Gasteiger partial charge in [-0.25, -0.2) is 8.42 Å². The lowest BCUT2D eigenvalue weighted by Crippen LogP contribution is -2.56. The Kier molecular flexibility index (Phi) is 4.38. The Bertz CT molecular complexity index is 667. The Morgan fingerprint density at radius 1 is 1.24 bits per heavy atom. The van der Waals surface area contributed by atoms with Crippen LogP contribution < -0.4 is 0 Å². The Labute approximate surface area is 126 Å². The van der Waals surface area contributed by atoms with Crippen molar-refractivity contribution in [1.29, 1.82) is 5.26 Å². The van der Waals surface area contributed by atoms with Crippen LogP contribution in [0.4, 0.5) is 0 Å². The highest BCUT2D eigenvalue weighted by Crippen LogP contribution is 2.25. The lowest BCUT2D eigenvalue weighted by molar-refractivity contribution is 0.105. The van der Waals surface area contributed by atoms with E-state index in [1.165, 1.54) is 10.4 Å². The molecule has 114 valence electrons. The van der Waals surface area contributed by atoms with Crippen LogP contribution in [0.1, 0.15) is 25.0 Å². The van der Waals surface area contributed by atoms with E-state index >= 15 is 0 Å². The van der Waals surface area contributed by atoms with E-state index in [4.69, 9.17) is 5.26 Å². The largest absolute Gasteiger partial charge is 0.298 e. The Morgan fingerprint density at radius 2 is 1.81 bits per heavy atom. The van der Waals surface area contributed by atoms with Crippen molar-refractivity contribution >= 4 is 10.0 Å². The summed E-state index contributed by atoms with van der Waals surface area (Å²) in [6.07, 6.45) is 0. The molecule has 0 amide bonds. The standard InChI is InChI=1S/C15H21N3O2S/c1-11-5-6-14(8-16)7-15(11)21(19,20)18-9-12(2)17(4)13(3)10-18/h5-7,12-13H,9-10H2,1-4H3. The molecule has 21 heavy (non-hydrogen) atoms. The first kappa shape index (κ1) is 16.0. The molecule has 2 unspecified atom stereocenters. The molecule has 1 saturated heterocycles. The van der Waals surface area contributed by atoms with Crippen LogP contribution >= 0.6 is 0 Å². The first-order valence-corrected chi connectivity index (χ1v) is 8.44. The SMILES string of the molecule is Cc1ccc(C#N)cc1S(=O)(=O)N1CC(C)N(C)C(C)C1. The summed E-state index contributed by atoms with van der Waals surface area (Å²) in [6.45, 7) is 6.75. The van der Waals surface area contributed by atoms with Crippen molar-refractivity contribution in [3.63, 3.8) is 0 Å². The predicted molar refractivity (Wildman–Crippen MR) is 81.3 cm³/mol. The van der Waals surface area contributed by atoms with Gasteiger partial charge in [-0.15, -0.1) is 0 Å². The summed E-state index contributed by atoms with van der Waals surface area (Å²) < 4.78 is 27.3. The lowest BCUT2D eigenvalue weighted by atomic mass is 10.1. The zero-order valence-corrected chi connectivity index (χ0v) is 13.7. The number of benzene rings is 1. The molecule has 1 heterocycles. The van der Waals surface area contributed by atoms with Crippen LogP contribution in [-0.2, 0) is 10.0 Å². The molecule has 2 rings (SSSR count). The Balaban J connectivity index is 2.41. The molecule has 0 spiro atoms. The van der Waals surface area contributed by atoms with E-state index in [9.17, 15) is 8.42 Å². The third kappa shape index (κ3) is 2.95. The summed E-state index contributed by atoms with van der Waals surface area (Å²) in [7, 11) is -1.54. The molecule has 0 aliphatic carbocycles. The third-order valence-electron chi connectivity index (χ3n) is 4.26. The van der Waals surface area contributed by atoms with Gasteiger partial charge in [-0.05, 0) is 45.5 Å². The lowest BCUT2D eigenvalue weighted by Gasteiger charge is -2.41. The van der Waals surface area contributed by atoms with E-state index in [-0.39, 0.29) is 17.0 Å². The van der Waals surface area contributed by atoms with Gasteiger partial charge in [-0.3, -0.25) is 4.90 Å². The van der Waals surface area contributed by atoms with E-state index in [1.807, 2.05) is 27.0 Å². The fourth-order valence-corrected chi connectivity index (χ4v) is 4.49. The van der Waals surface area contributed by atoms with Gasteiger partial charge in [0, 0.05) is 25.2 Å². The summed E-state index contributed by atoms with van der Waals surface area (Å²) in [6, 6.07) is 7.14. The number of hydrogen-bond donors (Lipinski definition) is 0. The minimum Gasteiger partial charge on any atom is -0.298 e. The number of nitrogens with zero attached hydrogens (tertiary/aromatic N) is 3. The van der Waals surface area contributed by atoms with E-state index in [1.54, 1.807) is 19.1 Å². The number of likely N-dealkylation sites (N-methyl/N-ethyl adjacent to an activating group) is 1. The molecule has 5 nitrogen and oxygen atoms in total. The van der Waals surface area contributed by atoms with Gasteiger partial charge in [0.1, 0.15) is 0 Å². The van der Waals surface area contributed by atoms with Crippen LogP contribution in [0.15, 0.2) is 23.1 Å². The first-order chi connectivity index (χ1) is 9.77. The number of piperazine rings is 1. The number of rotatable bonds is 2. The molecular formula is C15H21N3O2S. The van der Waals surface area contributed by atoms with E-state index in [2.05, 4.69) is 4.90 Å². The highest BCUT2D eigenvalue weighted by Gasteiger charge is 2.35. The van der Waals surface area contributed by atoms with Gasteiger partial charge in [0.2, 0.25) is 10.0 Å². The maximum absolute atomic E-state index is 12.9. The second kappa shape index (κ2) is 5.76. The first-order valence-electron chi connectivity index (χ1n) is 7.00. The van der Waals surface area contributed by atoms with Crippen LogP contribution in [0.3, 0.4) is 0 Å². The molecule has 0 aromatic heterocycles. The molecule has 0 bridgehead atoms. The van der Waals surface area contributed by atoms with Crippen molar-refractivity contribution in [3.8, 4) is 6.07 Å². The van der Waals surface area contributed by atoms with E-state index < -0.39 is 10.0 Å². The number of sulfonamides is 1. The average molecular weight is 307 g/mol. The topological polar surface area (TPSA) is 64.4 Å². The van der Waals surface area contributed by atoms with E-state index in [0.717, 1.165) is 0 Å². The molecular weight excluding hydrogens is 286 g/mol. The molecule has 6 heteroatoms. The molecule has 0 N–H and O–H groups in total. The third-order valence-corrected chi connectivity index (χ3v) is 6.23. The van der Waals surface area contributed by atoms with Crippen LogP contribution in [0.2, 0.25) is 0 Å². The smallest absolute Gasteiger partial charge is 0.243 e. The van der Waals surface area contributed by atoms with Crippen LogP contribution in [0, 0.1) is 18.3 Å². The van der Waals surface area contributed by atoms with Crippen molar-refractivity contribution in [2.45, 2.75) is 37.8 Å². The molecule has 1 aliphatic rings. The number of nitriles is 1. The summed E-state index contributed by atoms with van der Waals surface area (Å²) in [4.78, 5) is 2.43. The van der Waals surface area contributed by atoms with Crippen molar-refractivity contribution < 1.29 is 8.42 Å². The zero-order valence-electron chi connectivity index (χ0n) is 12.9. The normalized spacial score (nSPS) is 24.7. The van der Waals surface area contributed by atoms with Crippen LogP contribution in [-0.4, -0.2) is 49.8 Å². The summed E-state index contributed by atoms with van der Waals surface area (Å²) >= 11 is 0. The quantitative estimate of drug-likeness (QED) is 0.832. The second-order valence-corrected chi connectivity index (χ2v) is 7.68. The molecule has 0 radical (unpaired) electrons. The van der Waals surface area contributed by atoms with Gasteiger partial charge in [-0.1, -0.05) is 6.07 Å². The molecule has 1 aromatic carbocycles. The van der Waals surface area contributed by atoms with Crippen LogP contribution in [0.5, 0.6) is 0 Å². The number of hydrogen-bond acceptors (Lipinski definition) is 4. The van der Waals surface area contributed by atoms with Crippen molar-refractivity contribution in [2.24, 2.45) is 0 Å². The van der Waals surface area contributed by atoms with Crippen LogP contribution in [0.25, 0.3) is 0 Å². The minimum absolute atomic E-state index is 0.169. The maximum atomic E-state index is 12.9. The summed E-state index contributed by atoms with van der Waals surface area (Å²) in [5.74, 6) is 0. The monoisotopic (exact) mass is 307 g/mol. The minimum atomic E-state index is -3.56. The number of aryl methyl sites for hydroxylation is 1. The van der Waals surface area contributed by atoms with Gasteiger partial charge in [0.25, 0.3) is 0 Å². The average Bonchev–Trinajstić information content (AvgIpc) is 2.44. The second-order valence-electron chi connectivity index (χ2n) is 5.78.